The molecule has 7 nitrogen and oxygen atoms in total. The molecule has 0 bridgehead atoms. The van der Waals surface area contributed by atoms with E-state index in [2.05, 4.69) is 15.6 Å². The fraction of sp³-hybridized carbons (Fsp3) is 0.583. The largest absolute Gasteiger partial charge is 0.490 e. The number of hydrogen-bond acceptors (Lipinski definition) is 5. The Morgan fingerprint density at radius 2 is 1.88 bits per heavy atom. The molecule has 0 unspecified atom stereocenters. The van der Waals surface area contributed by atoms with Gasteiger partial charge in [-0.1, -0.05) is 25.3 Å². The summed E-state index contributed by atoms with van der Waals surface area (Å²) in [6, 6.07) is 6.63. The van der Waals surface area contributed by atoms with Crippen LogP contribution in [0.1, 0.15) is 50.5 Å². The van der Waals surface area contributed by atoms with Gasteiger partial charge in [0.2, 0.25) is 0 Å². The zero-order valence-electron chi connectivity index (χ0n) is 18.5. The van der Waals surface area contributed by atoms with Crippen LogP contribution in [0.3, 0.4) is 0 Å². The van der Waals surface area contributed by atoms with Crippen LogP contribution in [-0.2, 0) is 12.1 Å². The summed E-state index contributed by atoms with van der Waals surface area (Å²) in [5, 5.41) is 7.02. The Bertz CT molecular complexity index is 1010. The maximum absolute atomic E-state index is 14.2. The number of nitrogens with one attached hydrogen (secondary N) is 3. The number of H-pyrrole nitrogens is 1. The average Bonchev–Trinajstić information content (AvgIpc) is 3.57. The number of nitrogens with zero attached hydrogens (tertiary/aromatic N) is 1. The van der Waals surface area contributed by atoms with E-state index in [1.807, 2.05) is 12.1 Å². The van der Waals surface area contributed by atoms with Gasteiger partial charge >= 0.3 is 5.69 Å². The summed E-state index contributed by atoms with van der Waals surface area (Å²) in [4.78, 5) is 25.0. The summed E-state index contributed by atoms with van der Waals surface area (Å²) < 4.78 is 21.4. The topological polar surface area (TPSA) is 88.2 Å². The third kappa shape index (κ3) is 5.86. The molecule has 0 spiro atoms. The van der Waals surface area contributed by atoms with Crippen LogP contribution in [-0.4, -0.2) is 35.8 Å². The fourth-order valence-corrected chi connectivity index (χ4v) is 4.10. The first kappa shape index (κ1) is 22.7. The Morgan fingerprint density at radius 3 is 2.59 bits per heavy atom. The van der Waals surface area contributed by atoms with E-state index in [0.29, 0.717) is 24.8 Å². The molecule has 2 aliphatic rings. The van der Waals surface area contributed by atoms with Crippen molar-refractivity contribution >= 4 is 0 Å². The highest BCUT2D eigenvalue weighted by Gasteiger charge is 2.38. The monoisotopic (exact) mass is 444 g/mol. The Kier molecular flexibility index (Phi) is 7.42. The molecule has 2 heterocycles. The molecule has 4 rings (SSSR count). The second kappa shape index (κ2) is 10.4. The van der Waals surface area contributed by atoms with E-state index in [1.54, 1.807) is 10.8 Å². The Hall–Kier alpha value is -2.45. The first-order valence-corrected chi connectivity index (χ1v) is 11.7. The highest BCUT2D eigenvalue weighted by atomic mass is 19.1. The molecule has 2 aromatic rings. The zero-order valence-corrected chi connectivity index (χ0v) is 18.5. The highest BCUT2D eigenvalue weighted by molar-refractivity contribution is 5.37. The molecule has 8 heteroatoms. The minimum absolute atomic E-state index is 0.156. The highest BCUT2D eigenvalue weighted by Crippen LogP contribution is 2.33. The lowest BCUT2D eigenvalue weighted by molar-refractivity contribution is 0.213. The van der Waals surface area contributed by atoms with Gasteiger partial charge in [-0.05, 0) is 55.8 Å². The van der Waals surface area contributed by atoms with Gasteiger partial charge < -0.3 is 19.9 Å². The molecule has 1 aromatic carbocycles. The van der Waals surface area contributed by atoms with Gasteiger partial charge in [-0.2, -0.15) is 0 Å². The van der Waals surface area contributed by atoms with Gasteiger partial charge in [-0.25, -0.2) is 9.18 Å². The molecule has 0 atom stereocenters. The molecule has 32 heavy (non-hydrogen) atoms. The number of hydrogen-bond donors (Lipinski definition) is 3. The number of rotatable bonds is 13. The Labute approximate surface area is 187 Å². The minimum atomic E-state index is -0.360. The second-order valence-corrected chi connectivity index (χ2v) is 9.08. The lowest BCUT2D eigenvalue weighted by atomic mass is 9.84. The second-order valence-electron chi connectivity index (χ2n) is 9.08. The van der Waals surface area contributed by atoms with Crippen LogP contribution in [0.15, 0.2) is 40.1 Å². The maximum Gasteiger partial charge on any atom is 0.328 e. The van der Waals surface area contributed by atoms with Gasteiger partial charge in [-0.3, -0.25) is 9.78 Å². The summed E-state index contributed by atoms with van der Waals surface area (Å²) >= 11 is 0. The summed E-state index contributed by atoms with van der Waals surface area (Å²) in [6.45, 7) is 3.79. The predicted molar refractivity (Wildman–Crippen MR) is 122 cm³/mol. The summed E-state index contributed by atoms with van der Waals surface area (Å²) in [7, 11) is 0. The lowest BCUT2D eigenvalue weighted by Crippen LogP contribution is -2.65. The minimum Gasteiger partial charge on any atom is -0.490 e. The standard InChI is InChI=1S/C24H33FN4O3/c25-20-9-8-19(14-21(20)32-15-18-6-7-18)24(16-26-17-24)27-11-4-2-1-3-5-12-29-13-10-22(30)28-23(29)31/h8-10,13-14,18,26-27H,1-7,11-12,15-17H2,(H,28,30,31). The van der Waals surface area contributed by atoms with Crippen LogP contribution < -0.4 is 26.6 Å². The third-order valence-corrected chi connectivity index (χ3v) is 6.44. The van der Waals surface area contributed by atoms with Crippen LogP contribution in [0.4, 0.5) is 4.39 Å². The van der Waals surface area contributed by atoms with Crippen molar-refractivity contribution in [1.29, 1.82) is 0 Å². The number of aromatic amines is 1. The summed E-state index contributed by atoms with van der Waals surface area (Å²) in [6.07, 6.45) is 9.13. The summed E-state index contributed by atoms with van der Waals surface area (Å²) in [5.74, 6) is 0.665. The predicted octanol–water partition coefficient (Wildman–Crippen LogP) is 2.50. The van der Waals surface area contributed by atoms with Crippen molar-refractivity contribution in [2.45, 2.75) is 57.0 Å². The Morgan fingerprint density at radius 1 is 1.09 bits per heavy atom. The van der Waals surface area contributed by atoms with Crippen molar-refractivity contribution in [1.82, 2.24) is 20.2 Å². The van der Waals surface area contributed by atoms with Crippen molar-refractivity contribution in [3.8, 4) is 5.75 Å². The van der Waals surface area contributed by atoms with E-state index < -0.39 is 0 Å². The van der Waals surface area contributed by atoms with Gasteiger partial charge in [0.15, 0.2) is 11.6 Å². The maximum atomic E-state index is 14.2. The average molecular weight is 445 g/mol. The quantitative estimate of drug-likeness (QED) is 0.413. The Balaban J connectivity index is 1.17. The molecule has 174 valence electrons. The molecule has 1 aliphatic carbocycles. The molecule has 1 saturated carbocycles. The first-order valence-electron chi connectivity index (χ1n) is 11.7. The molecule has 1 saturated heterocycles. The molecular formula is C24H33FN4O3. The third-order valence-electron chi connectivity index (χ3n) is 6.44. The SMILES string of the molecule is O=c1ccn(CCCCCCCNC2(c3ccc(F)c(OCC4CC4)c3)CNC2)c(=O)[nH]1. The molecule has 0 amide bonds. The van der Waals surface area contributed by atoms with E-state index in [-0.39, 0.29) is 22.6 Å². The van der Waals surface area contributed by atoms with Crippen LogP contribution in [0.2, 0.25) is 0 Å². The lowest BCUT2D eigenvalue weighted by Gasteiger charge is -2.44. The van der Waals surface area contributed by atoms with Crippen LogP contribution >= 0.6 is 0 Å². The van der Waals surface area contributed by atoms with Gasteiger partial charge in [0.05, 0.1) is 12.1 Å². The zero-order chi connectivity index (χ0) is 22.4. The fourth-order valence-electron chi connectivity index (χ4n) is 4.10. The summed E-state index contributed by atoms with van der Waals surface area (Å²) in [5.41, 5.74) is 0.218. The van der Waals surface area contributed by atoms with Gasteiger partial charge in [0, 0.05) is 31.9 Å². The number of benzene rings is 1. The van der Waals surface area contributed by atoms with Crippen LogP contribution in [0.5, 0.6) is 5.75 Å². The number of ether oxygens (including phenoxy) is 1. The molecule has 2 fully saturated rings. The molecule has 1 aromatic heterocycles. The number of unbranched alkanes of at least 4 members (excludes halogenated alkanes) is 4. The van der Waals surface area contributed by atoms with E-state index in [0.717, 1.165) is 57.3 Å². The van der Waals surface area contributed by atoms with E-state index in [4.69, 9.17) is 4.74 Å². The van der Waals surface area contributed by atoms with Crippen molar-refractivity contribution < 1.29 is 9.13 Å². The first-order chi connectivity index (χ1) is 15.6. The van der Waals surface area contributed by atoms with E-state index >= 15 is 0 Å². The van der Waals surface area contributed by atoms with Crippen molar-refractivity contribution in [2.24, 2.45) is 5.92 Å². The molecule has 1 aliphatic heterocycles. The normalized spacial score (nSPS) is 17.2. The van der Waals surface area contributed by atoms with Gasteiger partial charge in [0.1, 0.15) is 0 Å². The van der Waals surface area contributed by atoms with Crippen molar-refractivity contribution in [3.63, 3.8) is 0 Å². The van der Waals surface area contributed by atoms with Crippen LogP contribution in [0, 0.1) is 11.7 Å². The molecule has 3 N–H and O–H groups in total. The smallest absolute Gasteiger partial charge is 0.328 e. The van der Waals surface area contributed by atoms with E-state index in [1.165, 1.54) is 25.0 Å². The number of aromatic nitrogens is 2. The van der Waals surface area contributed by atoms with Crippen LogP contribution in [0.25, 0.3) is 0 Å². The number of halogens is 1. The van der Waals surface area contributed by atoms with Crippen molar-refractivity contribution in [3.05, 3.63) is 62.7 Å². The van der Waals surface area contributed by atoms with E-state index in [9.17, 15) is 14.0 Å². The molecular weight excluding hydrogens is 411 g/mol. The van der Waals surface area contributed by atoms with Gasteiger partial charge in [0.25, 0.3) is 5.56 Å². The van der Waals surface area contributed by atoms with Gasteiger partial charge in [-0.15, -0.1) is 0 Å². The number of aryl methyl sites for hydroxylation is 1. The van der Waals surface area contributed by atoms with Crippen molar-refractivity contribution in [2.75, 3.05) is 26.2 Å². The molecule has 0 radical (unpaired) electrons.